The predicted octanol–water partition coefficient (Wildman–Crippen LogP) is 1.58. The van der Waals surface area contributed by atoms with Crippen LogP contribution < -0.4 is 5.73 Å². The maximum absolute atomic E-state index is 12.2. The van der Waals surface area contributed by atoms with Gasteiger partial charge >= 0.3 is 0 Å². The highest BCUT2D eigenvalue weighted by molar-refractivity contribution is 5.79. The van der Waals surface area contributed by atoms with Gasteiger partial charge in [0.1, 0.15) is 6.04 Å². The van der Waals surface area contributed by atoms with Crippen LogP contribution in [0.1, 0.15) is 45.5 Å². The highest BCUT2D eigenvalue weighted by Gasteiger charge is 2.23. The molecular formula is C13H24N4O. The van der Waals surface area contributed by atoms with Crippen molar-refractivity contribution < 1.29 is 4.79 Å². The first-order valence-electron chi connectivity index (χ1n) is 6.42. The van der Waals surface area contributed by atoms with Crippen molar-refractivity contribution in [1.82, 2.24) is 14.5 Å². The molecule has 18 heavy (non-hydrogen) atoms. The Hall–Kier alpha value is -1.36. The van der Waals surface area contributed by atoms with Crippen LogP contribution in [0.15, 0.2) is 12.5 Å². The minimum atomic E-state index is -0.266. The van der Waals surface area contributed by atoms with Gasteiger partial charge in [-0.25, -0.2) is 4.98 Å². The first-order valence-corrected chi connectivity index (χ1v) is 6.42. The quantitative estimate of drug-likeness (QED) is 0.865. The van der Waals surface area contributed by atoms with Crippen molar-refractivity contribution in [2.24, 2.45) is 11.7 Å². The van der Waals surface area contributed by atoms with Crippen molar-refractivity contribution in [3.8, 4) is 0 Å². The lowest BCUT2D eigenvalue weighted by atomic mass is 10.0. The van der Waals surface area contributed by atoms with E-state index in [-0.39, 0.29) is 18.0 Å². The molecule has 0 aliphatic heterocycles. The van der Waals surface area contributed by atoms with Crippen LogP contribution in [0.2, 0.25) is 0 Å². The number of rotatable bonds is 5. The molecule has 0 aliphatic rings. The number of carbonyl (C=O) groups is 1. The molecule has 2 atom stereocenters. The molecule has 1 aromatic heterocycles. The van der Waals surface area contributed by atoms with E-state index in [2.05, 4.69) is 18.8 Å². The van der Waals surface area contributed by atoms with Crippen LogP contribution in [-0.4, -0.2) is 34.0 Å². The molecule has 0 aliphatic carbocycles. The molecule has 0 saturated heterocycles. The number of hydrogen-bond acceptors (Lipinski definition) is 3. The maximum Gasteiger partial charge on any atom is 0.245 e. The third kappa shape index (κ3) is 2.90. The van der Waals surface area contributed by atoms with Crippen LogP contribution in [0.5, 0.6) is 0 Å². The molecular weight excluding hydrogens is 228 g/mol. The summed E-state index contributed by atoms with van der Waals surface area (Å²) in [6.45, 7) is 8.66. The second-order valence-corrected chi connectivity index (χ2v) is 5.02. The van der Waals surface area contributed by atoms with Gasteiger partial charge in [0.2, 0.25) is 5.91 Å². The van der Waals surface area contributed by atoms with Crippen LogP contribution in [-0.2, 0) is 4.79 Å². The molecule has 1 amide bonds. The number of nitrogens with zero attached hydrogens (tertiary/aromatic N) is 3. The van der Waals surface area contributed by atoms with E-state index in [0.29, 0.717) is 12.5 Å². The fraction of sp³-hybridized carbons (Fsp3) is 0.692. The number of hydrogen-bond donors (Lipinski definition) is 1. The summed E-state index contributed by atoms with van der Waals surface area (Å²) in [5.74, 6) is 0.388. The van der Waals surface area contributed by atoms with Gasteiger partial charge in [-0.1, -0.05) is 13.8 Å². The molecule has 0 aromatic carbocycles. The summed E-state index contributed by atoms with van der Waals surface area (Å²) >= 11 is 0. The summed E-state index contributed by atoms with van der Waals surface area (Å²) in [4.78, 5) is 18.0. The fourth-order valence-corrected chi connectivity index (χ4v) is 1.83. The van der Waals surface area contributed by atoms with Crippen molar-refractivity contribution in [2.45, 2.75) is 39.8 Å². The number of amides is 1. The van der Waals surface area contributed by atoms with E-state index < -0.39 is 0 Å². The number of carbonyl (C=O) groups excluding carboxylic acids is 1. The average molecular weight is 252 g/mol. The highest BCUT2D eigenvalue weighted by atomic mass is 16.2. The normalized spacial score (nSPS) is 14.6. The predicted molar refractivity (Wildman–Crippen MR) is 72.0 cm³/mol. The zero-order valence-corrected chi connectivity index (χ0v) is 11.9. The molecule has 1 aromatic rings. The molecule has 2 unspecified atom stereocenters. The van der Waals surface area contributed by atoms with Gasteiger partial charge in [-0.15, -0.1) is 0 Å². The summed E-state index contributed by atoms with van der Waals surface area (Å²) in [6, 6.07) is -0.369. The van der Waals surface area contributed by atoms with Gasteiger partial charge in [0.15, 0.2) is 0 Å². The van der Waals surface area contributed by atoms with Crippen LogP contribution in [0, 0.1) is 5.92 Å². The van der Waals surface area contributed by atoms with Gasteiger partial charge in [-0.05, 0) is 19.8 Å². The standard InChI is InChI=1S/C13H24N4O/c1-6-16(5)13(18)10(4)17-8-15-7-11(17)12(14)9(2)3/h7-10,12H,6,14H2,1-5H3. The van der Waals surface area contributed by atoms with Crippen LogP contribution in [0.4, 0.5) is 0 Å². The summed E-state index contributed by atoms with van der Waals surface area (Å²) in [5, 5.41) is 0. The summed E-state index contributed by atoms with van der Waals surface area (Å²) in [7, 11) is 1.80. The van der Waals surface area contributed by atoms with Crippen molar-refractivity contribution in [1.29, 1.82) is 0 Å². The molecule has 1 rings (SSSR count). The topological polar surface area (TPSA) is 64.2 Å². The molecule has 1 heterocycles. The van der Waals surface area contributed by atoms with E-state index in [1.54, 1.807) is 24.5 Å². The Bertz CT molecular complexity index is 399. The molecule has 5 heteroatoms. The fourth-order valence-electron chi connectivity index (χ4n) is 1.83. The molecule has 2 N–H and O–H groups in total. The van der Waals surface area contributed by atoms with E-state index in [0.717, 1.165) is 5.69 Å². The van der Waals surface area contributed by atoms with Crippen molar-refractivity contribution in [3.05, 3.63) is 18.2 Å². The Morgan fingerprint density at radius 1 is 1.50 bits per heavy atom. The van der Waals surface area contributed by atoms with Gasteiger partial charge in [0, 0.05) is 25.8 Å². The third-order valence-electron chi connectivity index (χ3n) is 3.38. The smallest absolute Gasteiger partial charge is 0.245 e. The lowest BCUT2D eigenvalue weighted by Crippen LogP contribution is -2.34. The van der Waals surface area contributed by atoms with Crippen LogP contribution in [0.3, 0.4) is 0 Å². The summed E-state index contributed by atoms with van der Waals surface area (Å²) in [6.07, 6.45) is 3.43. The Kier molecular flexibility index (Phi) is 4.90. The number of likely N-dealkylation sites (N-methyl/N-ethyl adjacent to an activating group) is 1. The average Bonchev–Trinajstić information content (AvgIpc) is 2.83. The number of aromatic nitrogens is 2. The second kappa shape index (κ2) is 6.00. The molecule has 0 spiro atoms. The minimum absolute atomic E-state index is 0.0766. The Balaban J connectivity index is 2.97. The monoisotopic (exact) mass is 252 g/mol. The zero-order chi connectivity index (χ0) is 13.9. The summed E-state index contributed by atoms with van der Waals surface area (Å²) in [5.41, 5.74) is 7.06. The van der Waals surface area contributed by atoms with Gasteiger partial charge < -0.3 is 15.2 Å². The van der Waals surface area contributed by atoms with E-state index >= 15 is 0 Å². The minimum Gasteiger partial charge on any atom is -0.344 e. The van der Waals surface area contributed by atoms with Gasteiger partial charge in [0.25, 0.3) is 0 Å². The SMILES string of the molecule is CCN(C)C(=O)C(C)n1cncc1C(N)C(C)C. The van der Waals surface area contributed by atoms with E-state index in [9.17, 15) is 4.79 Å². The van der Waals surface area contributed by atoms with Crippen molar-refractivity contribution >= 4 is 5.91 Å². The maximum atomic E-state index is 12.2. The van der Waals surface area contributed by atoms with Gasteiger partial charge in [0.05, 0.1) is 12.0 Å². The van der Waals surface area contributed by atoms with Crippen LogP contribution in [0.25, 0.3) is 0 Å². The lowest BCUT2D eigenvalue weighted by Gasteiger charge is -2.24. The molecule has 0 fully saturated rings. The number of imidazole rings is 1. The Labute approximate surface area is 109 Å². The molecule has 0 radical (unpaired) electrons. The zero-order valence-electron chi connectivity index (χ0n) is 11.9. The first-order chi connectivity index (χ1) is 8.40. The molecule has 102 valence electrons. The second-order valence-electron chi connectivity index (χ2n) is 5.02. The Morgan fingerprint density at radius 3 is 2.61 bits per heavy atom. The van der Waals surface area contributed by atoms with Gasteiger partial charge in [-0.2, -0.15) is 0 Å². The van der Waals surface area contributed by atoms with Crippen molar-refractivity contribution in [3.63, 3.8) is 0 Å². The number of nitrogens with two attached hydrogens (primary N) is 1. The summed E-state index contributed by atoms with van der Waals surface area (Å²) < 4.78 is 1.87. The largest absolute Gasteiger partial charge is 0.344 e. The van der Waals surface area contributed by atoms with Crippen molar-refractivity contribution in [2.75, 3.05) is 13.6 Å². The third-order valence-corrected chi connectivity index (χ3v) is 3.38. The lowest BCUT2D eigenvalue weighted by molar-refractivity contribution is -0.132. The first kappa shape index (κ1) is 14.7. The molecule has 5 nitrogen and oxygen atoms in total. The van der Waals surface area contributed by atoms with Crippen LogP contribution >= 0.6 is 0 Å². The Morgan fingerprint density at radius 2 is 2.11 bits per heavy atom. The van der Waals surface area contributed by atoms with E-state index in [4.69, 9.17) is 5.73 Å². The van der Waals surface area contributed by atoms with E-state index in [1.165, 1.54) is 0 Å². The highest BCUT2D eigenvalue weighted by Crippen LogP contribution is 2.22. The molecule has 0 saturated carbocycles. The molecule has 0 bridgehead atoms. The van der Waals surface area contributed by atoms with E-state index in [1.807, 2.05) is 18.4 Å². The van der Waals surface area contributed by atoms with Gasteiger partial charge in [-0.3, -0.25) is 4.79 Å².